The van der Waals surface area contributed by atoms with Crippen molar-refractivity contribution in [3.63, 3.8) is 0 Å². The van der Waals surface area contributed by atoms with Crippen LogP contribution in [0.4, 0.5) is 0 Å². The van der Waals surface area contributed by atoms with E-state index in [1.54, 1.807) is 24.2 Å². The van der Waals surface area contributed by atoms with Crippen molar-refractivity contribution in [1.29, 1.82) is 0 Å². The molecule has 6 nitrogen and oxygen atoms in total. The Morgan fingerprint density at radius 1 is 1.29 bits per heavy atom. The Labute approximate surface area is 126 Å². The van der Waals surface area contributed by atoms with Gasteiger partial charge >= 0.3 is 0 Å². The van der Waals surface area contributed by atoms with Crippen molar-refractivity contribution in [2.45, 2.75) is 39.6 Å². The molecule has 1 rings (SSSR count). The van der Waals surface area contributed by atoms with Gasteiger partial charge in [0.25, 0.3) is 0 Å². The van der Waals surface area contributed by atoms with Crippen LogP contribution < -0.4 is 5.73 Å². The first kappa shape index (κ1) is 17.6. The lowest BCUT2D eigenvalue weighted by molar-refractivity contribution is -0.160. The van der Waals surface area contributed by atoms with Crippen molar-refractivity contribution in [2.75, 3.05) is 19.8 Å². The number of ether oxygens (including phenoxy) is 2. The van der Waals surface area contributed by atoms with Gasteiger partial charge in [-0.1, -0.05) is 0 Å². The summed E-state index contributed by atoms with van der Waals surface area (Å²) in [7, 11) is 0. The second-order valence-corrected chi connectivity index (χ2v) is 4.70. The number of hydrogen-bond donors (Lipinski definition) is 1. The zero-order valence-corrected chi connectivity index (χ0v) is 13.0. The molecule has 0 radical (unpaired) electrons. The summed E-state index contributed by atoms with van der Waals surface area (Å²) >= 11 is 0. The van der Waals surface area contributed by atoms with Crippen molar-refractivity contribution in [3.05, 3.63) is 30.1 Å². The van der Waals surface area contributed by atoms with Gasteiger partial charge in [0.1, 0.15) is 0 Å². The molecule has 0 fully saturated rings. The van der Waals surface area contributed by atoms with Crippen LogP contribution >= 0.6 is 0 Å². The normalized spacial score (nSPS) is 12.4. The van der Waals surface area contributed by atoms with E-state index < -0.39 is 12.3 Å². The maximum atomic E-state index is 12.3. The van der Waals surface area contributed by atoms with Crippen LogP contribution in [0.1, 0.15) is 26.3 Å². The van der Waals surface area contributed by atoms with Crippen LogP contribution in [0, 0.1) is 0 Å². The van der Waals surface area contributed by atoms with E-state index in [0.29, 0.717) is 26.3 Å². The highest BCUT2D eigenvalue weighted by molar-refractivity contribution is 5.81. The molecule has 1 aromatic rings. The Kier molecular flexibility index (Phi) is 7.89. The fourth-order valence-electron chi connectivity index (χ4n) is 1.93. The predicted octanol–water partition coefficient (Wildman–Crippen LogP) is 1.16. The van der Waals surface area contributed by atoms with Gasteiger partial charge in [0, 0.05) is 32.2 Å². The summed E-state index contributed by atoms with van der Waals surface area (Å²) in [6, 6.07) is 3.19. The highest BCUT2D eigenvalue weighted by Gasteiger charge is 2.22. The van der Waals surface area contributed by atoms with Crippen LogP contribution in [0.15, 0.2) is 24.5 Å². The van der Waals surface area contributed by atoms with Crippen LogP contribution in [0.5, 0.6) is 0 Å². The molecule has 0 saturated carbocycles. The van der Waals surface area contributed by atoms with Crippen LogP contribution in [-0.4, -0.2) is 47.9 Å². The van der Waals surface area contributed by atoms with Crippen molar-refractivity contribution < 1.29 is 14.3 Å². The molecular formula is C15H25N3O3. The van der Waals surface area contributed by atoms with E-state index in [2.05, 4.69) is 4.98 Å². The molecule has 6 heteroatoms. The van der Waals surface area contributed by atoms with E-state index in [4.69, 9.17) is 15.2 Å². The quantitative estimate of drug-likeness (QED) is 0.692. The lowest BCUT2D eigenvalue weighted by Gasteiger charge is -2.28. The summed E-state index contributed by atoms with van der Waals surface area (Å²) in [5.41, 5.74) is 6.72. The third kappa shape index (κ3) is 6.20. The Bertz CT molecular complexity index is 406. The van der Waals surface area contributed by atoms with Gasteiger partial charge in [0.2, 0.25) is 5.91 Å². The first-order valence-corrected chi connectivity index (χ1v) is 7.24. The Morgan fingerprint density at radius 2 is 1.86 bits per heavy atom. The van der Waals surface area contributed by atoms with Gasteiger partial charge in [-0.3, -0.25) is 9.78 Å². The standard InChI is InChI=1S/C15H25N3O3/c1-4-20-14(21-5-2)11-18(15(19)12(3)16)10-13-6-8-17-9-7-13/h6-9,12,14H,4-5,10-11,16H2,1-3H3/t12-/m0/s1. The zero-order valence-electron chi connectivity index (χ0n) is 13.0. The van der Waals surface area contributed by atoms with Gasteiger partial charge < -0.3 is 20.1 Å². The highest BCUT2D eigenvalue weighted by Crippen LogP contribution is 2.08. The monoisotopic (exact) mass is 295 g/mol. The molecule has 0 unspecified atom stereocenters. The maximum absolute atomic E-state index is 12.3. The number of carbonyl (C=O) groups excluding carboxylic acids is 1. The van der Waals surface area contributed by atoms with Gasteiger partial charge in [-0.15, -0.1) is 0 Å². The molecule has 0 aliphatic rings. The Morgan fingerprint density at radius 3 is 2.33 bits per heavy atom. The molecule has 0 saturated heterocycles. The van der Waals surface area contributed by atoms with Gasteiger partial charge in [-0.25, -0.2) is 0 Å². The van der Waals surface area contributed by atoms with E-state index in [-0.39, 0.29) is 5.91 Å². The molecular weight excluding hydrogens is 270 g/mol. The minimum absolute atomic E-state index is 0.129. The molecule has 21 heavy (non-hydrogen) atoms. The fraction of sp³-hybridized carbons (Fsp3) is 0.600. The molecule has 0 aliphatic carbocycles. The molecule has 0 bridgehead atoms. The minimum Gasteiger partial charge on any atom is -0.351 e. The molecule has 0 aromatic carbocycles. The number of nitrogens with two attached hydrogens (primary N) is 1. The number of rotatable bonds is 9. The second-order valence-electron chi connectivity index (χ2n) is 4.70. The van der Waals surface area contributed by atoms with E-state index >= 15 is 0 Å². The highest BCUT2D eigenvalue weighted by atomic mass is 16.7. The first-order chi connectivity index (χ1) is 10.1. The SMILES string of the molecule is CCOC(CN(Cc1ccncc1)C(=O)[C@H](C)N)OCC. The maximum Gasteiger partial charge on any atom is 0.239 e. The molecule has 1 heterocycles. The molecule has 0 aliphatic heterocycles. The number of aromatic nitrogens is 1. The molecule has 1 atom stereocenters. The van der Waals surface area contributed by atoms with Crippen LogP contribution in [0.25, 0.3) is 0 Å². The average molecular weight is 295 g/mol. The first-order valence-electron chi connectivity index (χ1n) is 7.24. The third-order valence-electron chi connectivity index (χ3n) is 2.90. The van der Waals surface area contributed by atoms with E-state index in [9.17, 15) is 4.79 Å². The molecule has 2 N–H and O–H groups in total. The third-order valence-corrected chi connectivity index (χ3v) is 2.90. The average Bonchev–Trinajstić information content (AvgIpc) is 2.47. The summed E-state index contributed by atoms with van der Waals surface area (Å²) in [5, 5.41) is 0. The van der Waals surface area contributed by atoms with Crippen molar-refractivity contribution in [1.82, 2.24) is 9.88 Å². The zero-order chi connectivity index (χ0) is 15.7. The van der Waals surface area contributed by atoms with Crippen LogP contribution in [0.2, 0.25) is 0 Å². The van der Waals surface area contributed by atoms with Crippen molar-refractivity contribution >= 4 is 5.91 Å². The number of amides is 1. The summed E-state index contributed by atoms with van der Waals surface area (Å²) < 4.78 is 11.0. The van der Waals surface area contributed by atoms with Crippen LogP contribution in [0.3, 0.4) is 0 Å². The van der Waals surface area contributed by atoms with Crippen LogP contribution in [-0.2, 0) is 20.8 Å². The predicted molar refractivity (Wildman–Crippen MR) is 80.3 cm³/mol. The van der Waals surface area contributed by atoms with Gasteiger partial charge in [-0.2, -0.15) is 0 Å². The number of pyridine rings is 1. The largest absolute Gasteiger partial charge is 0.351 e. The van der Waals surface area contributed by atoms with Gasteiger partial charge in [0.15, 0.2) is 6.29 Å². The van der Waals surface area contributed by atoms with E-state index in [1.165, 1.54) is 0 Å². The summed E-state index contributed by atoms with van der Waals surface area (Å²) in [4.78, 5) is 17.9. The topological polar surface area (TPSA) is 77.7 Å². The van der Waals surface area contributed by atoms with Crippen molar-refractivity contribution in [3.8, 4) is 0 Å². The summed E-state index contributed by atoms with van der Waals surface area (Å²) in [6.07, 6.45) is 2.96. The summed E-state index contributed by atoms with van der Waals surface area (Å²) in [5.74, 6) is -0.129. The molecule has 1 aromatic heterocycles. The van der Waals surface area contributed by atoms with Gasteiger partial charge in [0.05, 0.1) is 12.6 Å². The lowest BCUT2D eigenvalue weighted by atomic mass is 10.2. The number of carbonyl (C=O) groups is 1. The molecule has 0 spiro atoms. The van der Waals surface area contributed by atoms with E-state index in [1.807, 2.05) is 26.0 Å². The Hall–Kier alpha value is -1.50. The molecule has 118 valence electrons. The molecule has 1 amide bonds. The fourth-order valence-corrected chi connectivity index (χ4v) is 1.93. The van der Waals surface area contributed by atoms with Gasteiger partial charge in [-0.05, 0) is 38.5 Å². The second kappa shape index (κ2) is 9.44. The van der Waals surface area contributed by atoms with Crippen molar-refractivity contribution in [2.24, 2.45) is 5.73 Å². The smallest absolute Gasteiger partial charge is 0.239 e. The number of nitrogens with zero attached hydrogens (tertiary/aromatic N) is 2. The van der Waals surface area contributed by atoms with E-state index in [0.717, 1.165) is 5.56 Å². The summed E-state index contributed by atoms with van der Waals surface area (Å²) in [6.45, 7) is 7.33. The lowest BCUT2D eigenvalue weighted by Crippen LogP contribution is -2.46. The minimum atomic E-state index is -0.559. The number of hydrogen-bond acceptors (Lipinski definition) is 5. The Balaban J connectivity index is 2.78.